The highest BCUT2D eigenvalue weighted by molar-refractivity contribution is 7.90. The average molecular weight is 496 g/mol. The van der Waals surface area contributed by atoms with Crippen molar-refractivity contribution in [2.45, 2.75) is 24.1 Å². The van der Waals surface area contributed by atoms with Gasteiger partial charge in [-0.1, -0.05) is 12.1 Å². The first-order chi connectivity index (χ1) is 16.6. The largest absolute Gasteiger partial charge is 0.490 e. The van der Waals surface area contributed by atoms with Gasteiger partial charge < -0.3 is 14.6 Å². The lowest BCUT2D eigenvalue weighted by Crippen LogP contribution is -2.39. The standard InChI is InChI=1S/C24H25N5O5S/c1-28(2)35(32,33)24(9-10-24)15-34-20-8-11-26-19-12-18(23(31)29(3)21(19)20)22(30)27-14-17-6-4-16(13-25)5-7-17/h4-8,11-12H,9-10,14-15H2,1-3H3,(H,27,30). The molecule has 1 N–H and O–H groups in total. The summed E-state index contributed by atoms with van der Waals surface area (Å²) in [5, 5.41) is 11.6. The Morgan fingerprint density at radius 2 is 1.94 bits per heavy atom. The van der Waals surface area contributed by atoms with Gasteiger partial charge in [0.1, 0.15) is 28.2 Å². The molecule has 0 aliphatic heterocycles. The first-order valence-electron chi connectivity index (χ1n) is 10.9. The van der Waals surface area contributed by atoms with Crippen LogP contribution in [0, 0.1) is 11.3 Å². The number of pyridine rings is 2. The van der Waals surface area contributed by atoms with Crippen LogP contribution in [0.1, 0.15) is 34.3 Å². The zero-order valence-electron chi connectivity index (χ0n) is 19.6. The molecule has 0 spiro atoms. The summed E-state index contributed by atoms with van der Waals surface area (Å²) in [4.78, 5) is 30.1. The van der Waals surface area contributed by atoms with Crippen molar-refractivity contribution in [1.29, 1.82) is 5.26 Å². The van der Waals surface area contributed by atoms with Crippen LogP contribution in [0.3, 0.4) is 0 Å². The maximum atomic E-state index is 13.0. The van der Waals surface area contributed by atoms with E-state index in [0.717, 1.165) is 5.56 Å². The molecule has 182 valence electrons. The normalized spacial score (nSPS) is 14.5. The minimum Gasteiger partial charge on any atom is -0.490 e. The van der Waals surface area contributed by atoms with Gasteiger partial charge in [0.05, 0.1) is 17.1 Å². The molecule has 4 rings (SSSR count). The fraction of sp³-hybridized carbons (Fsp3) is 0.333. The molecule has 1 aliphatic rings. The molecule has 0 saturated heterocycles. The lowest BCUT2D eigenvalue weighted by molar-refractivity contribution is 0.0949. The van der Waals surface area contributed by atoms with Crippen molar-refractivity contribution in [3.63, 3.8) is 0 Å². The Morgan fingerprint density at radius 3 is 2.54 bits per heavy atom. The average Bonchev–Trinajstić information content (AvgIpc) is 3.65. The van der Waals surface area contributed by atoms with Gasteiger partial charge >= 0.3 is 0 Å². The quantitative estimate of drug-likeness (QED) is 0.501. The van der Waals surface area contributed by atoms with Gasteiger partial charge in [0.2, 0.25) is 10.0 Å². The molecule has 35 heavy (non-hydrogen) atoms. The Hall–Kier alpha value is -3.75. The smallest absolute Gasteiger partial charge is 0.263 e. The first-order valence-corrected chi connectivity index (χ1v) is 12.3. The number of nitriles is 1. The Morgan fingerprint density at radius 1 is 1.26 bits per heavy atom. The van der Waals surface area contributed by atoms with Crippen molar-refractivity contribution in [3.8, 4) is 11.8 Å². The highest BCUT2D eigenvalue weighted by Crippen LogP contribution is 2.45. The Balaban J connectivity index is 1.57. The molecule has 2 heterocycles. The van der Waals surface area contributed by atoms with Crippen molar-refractivity contribution in [1.82, 2.24) is 19.2 Å². The molecule has 1 aliphatic carbocycles. The van der Waals surface area contributed by atoms with E-state index in [2.05, 4.69) is 10.3 Å². The van der Waals surface area contributed by atoms with E-state index in [1.807, 2.05) is 6.07 Å². The van der Waals surface area contributed by atoms with Gasteiger partial charge in [-0.15, -0.1) is 0 Å². The molecule has 0 bridgehead atoms. The number of fused-ring (bicyclic) bond motifs is 1. The summed E-state index contributed by atoms with van der Waals surface area (Å²) in [5.41, 5.74) is 1.43. The second kappa shape index (κ2) is 9.13. The predicted octanol–water partition coefficient (Wildman–Crippen LogP) is 1.54. The number of aromatic nitrogens is 2. The molecule has 1 aromatic carbocycles. The second-order valence-corrected chi connectivity index (χ2v) is 11.3. The summed E-state index contributed by atoms with van der Waals surface area (Å²) in [6.07, 6.45) is 2.48. The van der Waals surface area contributed by atoms with Crippen LogP contribution < -0.4 is 15.6 Å². The molecule has 0 radical (unpaired) electrons. The van der Waals surface area contributed by atoms with E-state index in [1.54, 1.807) is 30.3 Å². The summed E-state index contributed by atoms with van der Waals surface area (Å²) < 4.78 is 32.7. The van der Waals surface area contributed by atoms with E-state index in [-0.39, 0.29) is 18.7 Å². The van der Waals surface area contributed by atoms with E-state index in [4.69, 9.17) is 10.00 Å². The van der Waals surface area contributed by atoms with Gasteiger partial charge in [-0.3, -0.25) is 14.6 Å². The molecule has 0 atom stereocenters. The summed E-state index contributed by atoms with van der Waals surface area (Å²) in [6.45, 7) is 0.137. The fourth-order valence-corrected chi connectivity index (χ4v) is 5.44. The molecule has 2 aromatic heterocycles. The van der Waals surface area contributed by atoms with Crippen molar-refractivity contribution < 1.29 is 17.9 Å². The topological polar surface area (TPSA) is 134 Å². The zero-order valence-corrected chi connectivity index (χ0v) is 20.4. The lowest BCUT2D eigenvalue weighted by atomic mass is 10.1. The van der Waals surface area contributed by atoms with Gasteiger partial charge in [-0.25, -0.2) is 12.7 Å². The molecule has 1 fully saturated rings. The minimum absolute atomic E-state index is 0.0480. The number of ether oxygens (including phenoxy) is 1. The minimum atomic E-state index is -3.50. The van der Waals surface area contributed by atoms with Crippen molar-refractivity contribution in [2.75, 3.05) is 20.7 Å². The zero-order chi connectivity index (χ0) is 25.4. The summed E-state index contributed by atoms with van der Waals surface area (Å²) >= 11 is 0. The van der Waals surface area contributed by atoms with E-state index in [0.29, 0.717) is 35.2 Å². The van der Waals surface area contributed by atoms with Gasteiger partial charge in [0.25, 0.3) is 11.5 Å². The van der Waals surface area contributed by atoms with Gasteiger partial charge in [0, 0.05) is 40.0 Å². The number of amides is 1. The Bertz CT molecular complexity index is 1500. The molecule has 3 aromatic rings. The Labute approximate surface area is 202 Å². The van der Waals surface area contributed by atoms with Gasteiger partial charge in [-0.2, -0.15) is 5.26 Å². The van der Waals surface area contributed by atoms with E-state index < -0.39 is 26.2 Å². The number of hydrogen-bond donors (Lipinski definition) is 1. The third kappa shape index (κ3) is 4.50. The van der Waals surface area contributed by atoms with E-state index >= 15 is 0 Å². The summed E-state index contributed by atoms with van der Waals surface area (Å²) in [7, 11) is 1.00. The van der Waals surface area contributed by atoms with Crippen LogP contribution in [0.5, 0.6) is 5.75 Å². The highest BCUT2D eigenvalue weighted by Gasteiger charge is 2.56. The SMILES string of the molecule is CN(C)S(=O)(=O)C1(COc2ccnc3cc(C(=O)NCc4ccc(C#N)cc4)c(=O)n(C)c23)CC1. The molecule has 10 nitrogen and oxygen atoms in total. The van der Waals surface area contributed by atoms with Crippen molar-refractivity contribution in [2.24, 2.45) is 7.05 Å². The number of sulfonamides is 1. The number of carbonyl (C=O) groups excluding carboxylic acids is 1. The van der Waals surface area contributed by atoms with Crippen LogP contribution in [0.15, 0.2) is 47.4 Å². The summed E-state index contributed by atoms with van der Waals surface area (Å²) in [6, 6.07) is 11.8. The first kappa shape index (κ1) is 24.4. The van der Waals surface area contributed by atoms with E-state index in [9.17, 15) is 18.0 Å². The number of nitrogens with one attached hydrogen (secondary N) is 1. The number of hydrogen-bond acceptors (Lipinski definition) is 7. The number of carbonyl (C=O) groups is 1. The number of rotatable bonds is 8. The van der Waals surface area contributed by atoms with Crippen LogP contribution in [0.4, 0.5) is 0 Å². The third-order valence-electron chi connectivity index (χ3n) is 6.17. The maximum absolute atomic E-state index is 13.0. The summed E-state index contributed by atoms with van der Waals surface area (Å²) in [5.74, 6) is -0.238. The second-order valence-electron chi connectivity index (χ2n) is 8.72. The Kier molecular flexibility index (Phi) is 6.36. The molecule has 1 saturated carbocycles. The number of benzene rings is 1. The fourth-order valence-electron chi connectivity index (χ4n) is 3.84. The van der Waals surface area contributed by atoms with Gasteiger partial charge in [-0.05, 0) is 36.6 Å². The van der Waals surface area contributed by atoms with Crippen LogP contribution >= 0.6 is 0 Å². The molecule has 11 heteroatoms. The molecule has 1 amide bonds. The van der Waals surface area contributed by atoms with Gasteiger partial charge in [0.15, 0.2) is 0 Å². The van der Waals surface area contributed by atoms with E-state index in [1.165, 1.54) is 42.3 Å². The van der Waals surface area contributed by atoms with Crippen LogP contribution in [0.2, 0.25) is 0 Å². The number of aryl methyl sites for hydroxylation is 1. The van der Waals surface area contributed by atoms with Crippen molar-refractivity contribution in [3.05, 3.63) is 69.6 Å². The van der Waals surface area contributed by atoms with Crippen LogP contribution in [-0.4, -0.2) is 53.6 Å². The molecule has 0 unspecified atom stereocenters. The predicted molar refractivity (Wildman–Crippen MR) is 129 cm³/mol. The lowest BCUT2D eigenvalue weighted by Gasteiger charge is -2.22. The van der Waals surface area contributed by atoms with Crippen molar-refractivity contribution >= 4 is 27.0 Å². The maximum Gasteiger partial charge on any atom is 0.263 e. The highest BCUT2D eigenvalue weighted by atomic mass is 32.2. The molecular formula is C24H25N5O5S. The third-order valence-corrected chi connectivity index (χ3v) is 8.76. The molecular weight excluding hydrogens is 470 g/mol. The van der Waals surface area contributed by atoms with Crippen LogP contribution in [-0.2, 0) is 23.6 Å². The van der Waals surface area contributed by atoms with Crippen LogP contribution in [0.25, 0.3) is 11.0 Å². The monoisotopic (exact) mass is 495 g/mol. The number of nitrogens with zero attached hydrogens (tertiary/aromatic N) is 4.